The molecule has 0 amide bonds. The van der Waals surface area contributed by atoms with Gasteiger partial charge in [-0.15, -0.1) is 0 Å². The molecule has 0 aliphatic carbocycles. The highest BCUT2D eigenvalue weighted by Gasteiger charge is 2.20. The number of hydrogen-bond donors (Lipinski definition) is 1. The van der Waals surface area contributed by atoms with E-state index in [9.17, 15) is 8.78 Å². The van der Waals surface area contributed by atoms with Crippen LogP contribution in [-0.2, 0) is 13.1 Å². The van der Waals surface area contributed by atoms with E-state index < -0.39 is 13.0 Å². The fourth-order valence-corrected chi connectivity index (χ4v) is 2.06. The normalized spacial score (nSPS) is 13.8. The Balaban J connectivity index is 2.18. The molecule has 0 fully saturated rings. The van der Waals surface area contributed by atoms with E-state index in [-0.39, 0.29) is 13.3 Å². The van der Waals surface area contributed by atoms with Gasteiger partial charge in [0.2, 0.25) is 6.79 Å². The number of imidazole rings is 1. The third-order valence-corrected chi connectivity index (χ3v) is 2.82. The molecule has 96 valence electrons. The molecule has 1 aliphatic heterocycles. The highest BCUT2D eigenvalue weighted by atomic mass is 19.3. The quantitative estimate of drug-likeness (QED) is 0.902. The van der Waals surface area contributed by atoms with E-state index in [1.165, 1.54) is 4.57 Å². The average molecular weight is 255 g/mol. The Morgan fingerprint density at radius 1 is 1.33 bits per heavy atom. The largest absolute Gasteiger partial charge is 0.454 e. The van der Waals surface area contributed by atoms with Crippen molar-refractivity contribution in [1.29, 1.82) is 0 Å². The van der Waals surface area contributed by atoms with Gasteiger partial charge in [-0.1, -0.05) is 0 Å². The molecular formula is C11H11F2N3O2. The average Bonchev–Trinajstić information content (AvgIpc) is 2.90. The summed E-state index contributed by atoms with van der Waals surface area (Å²) in [5, 5.41) is 0. The molecule has 3 rings (SSSR count). The maximum Gasteiger partial charge on any atom is 0.256 e. The van der Waals surface area contributed by atoms with Crippen LogP contribution in [0.25, 0.3) is 11.0 Å². The van der Waals surface area contributed by atoms with Crippen LogP contribution >= 0.6 is 0 Å². The minimum absolute atomic E-state index is 0.105. The molecule has 7 heteroatoms. The minimum atomic E-state index is -2.46. The molecule has 5 nitrogen and oxygen atoms in total. The fraction of sp³-hybridized carbons (Fsp3) is 0.364. The molecule has 1 aromatic heterocycles. The SMILES string of the molecule is NCc1nc2cc3c(cc2n1CC(F)F)OCO3. The Kier molecular flexibility index (Phi) is 2.55. The van der Waals surface area contributed by atoms with Crippen LogP contribution in [-0.4, -0.2) is 22.8 Å². The predicted molar refractivity (Wildman–Crippen MR) is 59.8 cm³/mol. The van der Waals surface area contributed by atoms with Crippen LogP contribution in [0.5, 0.6) is 11.5 Å². The second-order valence-corrected chi connectivity index (χ2v) is 3.93. The lowest BCUT2D eigenvalue weighted by atomic mass is 10.2. The summed E-state index contributed by atoms with van der Waals surface area (Å²) in [6.45, 7) is -0.184. The Morgan fingerprint density at radius 2 is 2.06 bits per heavy atom. The van der Waals surface area contributed by atoms with Crippen LogP contribution in [0.1, 0.15) is 5.82 Å². The van der Waals surface area contributed by atoms with Crippen LogP contribution in [0.2, 0.25) is 0 Å². The maximum absolute atomic E-state index is 12.6. The summed E-state index contributed by atoms with van der Waals surface area (Å²) >= 11 is 0. The zero-order valence-electron chi connectivity index (χ0n) is 9.40. The number of nitrogens with zero attached hydrogens (tertiary/aromatic N) is 2. The molecule has 1 aromatic carbocycles. The Hall–Kier alpha value is -1.89. The van der Waals surface area contributed by atoms with Gasteiger partial charge in [-0.2, -0.15) is 0 Å². The van der Waals surface area contributed by atoms with E-state index in [1.54, 1.807) is 12.1 Å². The molecule has 18 heavy (non-hydrogen) atoms. The number of ether oxygens (including phenoxy) is 2. The first-order chi connectivity index (χ1) is 8.69. The van der Waals surface area contributed by atoms with Gasteiger partial charge in [0.1, 0.15) is 5.82 Å². The smallest absolute Gasteiger partial charge is 0.256 e. The van der Waals surface area contributed by atoms with Gasteiger partial charge in [0.05, 0.1) is 24.1 Å². The zero-order valence-corrected chi connectivity index (χ0v) is 9.40. The molecule has 0 saturated heterocycles. The molecule has 0 spiro atoms. The third kappa shape index (κ3) is 1.67. The van der Waals surface area contributed by atoms with E-state index in [0.29, 0.717) is 28.4 Å². The molecule has 1 aliphatic rings. The molecular weight excluding hydrogens is 244 g/mol. The Morgan fingerprint density at radius 3 is 2.72 bits per heavy atom. The Labute approximate surface area is 101 Å². The van der Waals surface area contributed by atoms with E-state index in [4.69, 9.17) is 15.2 Å². The molecule has 0 bridgehead atoms. The molecule has 2 heterocycles. The third-order valence-electron chi connectivity index (χ3n) is 2.82. The lowest BCUT2D eigenvalue weighted by Crippen LogP contribution is -2.13. The predicted octanol–water partition coefficient (Wildman–Crippen LogP) is 1.49. The number of alkyl halides is 2. The summed E-state index contributed by atoms with van der Waals surface area (Å²) in [5.74, 6) is 1.54. The minimum Gasteiger partial charge on any atom is -0.454 e. The van der Waals surface area contributed by atoms with Gasteiger partial charge in [0.25, 0.3) is 6.43 Å². The van der Waals surface area contributed by atoms with Gasteiger partial charge in [-0.25, -0.2) is 13.8 Å². The lowest BCUT2D eigenvalue weighted by molar-refractivity contribution is 0.127. The first kappa shape index (κ1) is 11.2. The van der Waals surface area contributed by atoms with E-state index >= 15 is 0 Å². The number of fused-ring (bicyclic) bond motifs is 2. The maximum atomic E-state index is 12.6. The number of nitrogens with two attached hydrogens (primary N) is 1. The van der Waals surface area contributed by atoms with Gasteiger partial charge < -0.3 is 19.8 Å². The van der Waals surface area contributed by atoms with E-state index in [2.05, 4.69) is 4.98 Å². The summed E-state index contributed by atoms with van der Waals surface area (Å²) in [6.07, 6.45) is -2.46. The molecule has 2 N–H and O–H groups in total. The van der Waals surface area contributed by atoms with Crippen LogP contribution in [0, 0.1) is 0 Å². The van der Waals surface area contributed by atoms with Crippen molar-refractivity contribution in [2.45, 2.75) is 19.5 Å². The van der Waals surface area contributed by atoms with Gasteiger partial charge in [-0.3, -0.25) is 0 Å². The van der Waals surface area contributed by atoms with Crippen LogP contribution in [0.3, 0.4) is 0 Å². The van der Waals surface area contributed by atoms with Gasteiger partial charge >= 0.3 is 0 Å². The molecule has 2 aromatic rings. The van der Waals surface area contributed by atoms with E-state index in [0.717, 1.165) is 0 Å². The first-order valence-corrected chi connectivity index (χ1v) is 5.46. The second-order valence-electron chi connectivity index (χ2n) is 3.93. The number of halogens is 2. The van der Waals surface area contributed by atoms with Crippen molar-refractivity contribution in [2.75, 3.05) is 6.79 Å². The second kappa shape index (κ2) is 4.09. The molecule has 0 saturated carbocycles. The molecule has 0 atom stereocenters. The van der Waals surface area contributed by atoms with E-state index in [1.807, 2.05) is 0 Å². The number of rotatable bonds is 3. The number of benzene rings is 1. The molecule has 0 radical (unpaired) electrons. The van der Waals surface area contributed by atoms with Crippen molar-refractivity contribution in [3.63, 3.8) is 0 Å². The van der Waals surface area contributed by atoms with Crippen molar-refractivity contribution < 1.29 is 18.3 Å². The first-order valence-electron chi connectivity index (χ1n) is 5.46. The van der Waals surface area contributed by atoms with Crippen LogP contribution < -0.4 is 15.2 Å². The number of hydrogen-bond acceptors (Lipinski definition) is 4. The van der Waals surface area contributed by atoms with Gasteiger partial charge in [0, 0.05) is 12.1 Å². The van der Waals surface area contributed by atoms with Crippen molar-refractivity contribution in [1.82, 2.24) is 9.55 Å². The van der Waals surface area contributed by atoms with Crippen molar-refractivity contribution in [3.05, 3.63) is 18.0 Å². The zero-order chi connectivity index (χ0) is 12.7. The summed E-state index contributed by atoms with van der Waals surface area (Å²) < 4.78 is 37.0. The monoisotopic (exact) mass is 255 g/mol. The number of aromatic nitrogens is 2. The van der Waals surface area contributed by atoms with Crippen LogP contribution in [0.15, 0.2) is 12.1 Å². The standard InChI is InChI=1S/C11H11F2N3O2/c12-10(13)4-16-7-2-9-8(17-5-18-9)1-6(7)15-11(16)3-14/h1-2,10H,3-5,14H2. The summed E-state index contributed by atoms with van der Waals surface area (Å²) in [4.78, 5) is 4.23. The van der Waals surface area contributed by atoms with Crippen molar-refractivity contribution in [3.8, 4) is 11.5 Å². The summed E-state index contributed by atoms with van der Waals surface area (Å²) in [7, 11) is 0. The molecule has 0 unspecified atom stereocenters. The van der Waals surface area contributed by atoms with Gasteiger partial charge in [0.15, 0.2) is 11.5 Å². The van der Waals surface area contributed by atoms with Crippen molar-refractivity contribution in [2.24, 2.45) is 5.73 Å². The fourth-order valence-electron chi connectivity index (χ4n) is 2.06. The summed E-state index contributed by atoms with van der Waals surface area (Å²) in [5.41, 5.74) is 6.69. The highest BCUT2D eigenvalue weighted by molar-refractivity contribution is 5.81. The van der Waals surface area contributed by atoms with Gasteiger partial charge in [-0.05, 0) is 0 Å². The summed E-state index contributed by atoms with van der Waals surface area (Å²) in [6, 6.07) is 3.34. The highest BCUT2D eigenvalue weighted by Crippen LogP contribution is 2.36. The van der Waals surface area contributed by atoms with Crippen LogP contribution in [0.4, 0.5) is 8.78 Å². The topological polar surface area (TPSA) is 62.3 Å². The lowest BCUT2D eigenvalue weighted by Gasteiger charge is -2.07. The van der Waals surface area contributed by atoms with Crippen molar-refractivity contribution >= 4 is 11.0 Å². The Bertz CT molecular complexity index is 597.